The van der Waals surface area contributed by atoms with Crippen LogP contribution in [0.5, 0.6) is 0 Å². The van der Waals surface area contributed by atoms with Crippen molar-refractivity contribution in [1.82, 2.24) is 20.9 Å². The van der Waals surface area contributed by atoms with Crippen molar-refractivity contribution in [2.24, 2.45) is 11.5 Å². The summed E-state index contributed by atoms with van der Waals surface area (Å²) in [5.74, 6) is -4.79. The normalized spacial score (nSPS) is 15.3. The number of aliphatic carboxylic acids is 1. The van der Waals surface area contributed by atoms with Gasteiger partial charge in [-0.05, 0) is 25.5 Å². The molecule has 5 unspecified atom stereocenters. The van der Waals surface area contributed by atoms with E-state index in [0.717, 1.165) is 10.9 Å². The van der Waals surface area contributed by atoms with Gasteiger partial charge in [-0.15, -0.1) is 0 Å². The predicted molar refractivity (Wildman–Crippen MR) is 125 cm³/mol. The number of aromatic nitrogens is 1. The third kappa shape index (κ3) is 7.52. The lowest BCUT2D eigenvalue weighted by molar-refractivity contribution is -0.143. The van der Waals surface area contributed by atoms with Gasteiger partial charge in [-0.2, -0.15) is 0 Å². The lowest BCUT2D eigenvalue weighted by Crippen LogP contribution is -2.58. The Bertz CT molecular complexity index is 1100. The van der Waals surface area contributed by atoms with Gasteiger partial charge in [-0.1, -0.05) is 18.2 Å². The molecule has 1 aromatic heterocycles. The van der Waals surface area contributed by atoms with Crippen molar-refractivity contribution in [2.75, 3.05) is 0 Å². The molecule has 0 spiro atoms. The number of nitrogens with two attached hydrogens (primary N) is 2. The third-order valence-corrected chi connectivity index (χ3v) is 5.33. The molecule has 0 saturated heterocycles. The van der Waals surface area contributed by atoms with E-state index in [4.69, 9.17) is 11.5 Å². The average Bonchev–Trinajstić information content (AvgIpc) is 3.19. The Kier molecular flexibility index (Phi) is 9.31. The van der Waals surface area contributed by atoms with Crippen LogP contribution >= 0.6 is 0 Å². The molecule has 2 rings (SSSR count). The number of carbonyl (C=O) groups excluding carboxylic acids is 4. The van der Waals surface area contributed by atoms with Gasteiger partial charge in [0.15, 0.2) is 0 Å². The second-order valence-electron chi connectivity index (χ2n) is 8.19. The zero-order valence-corrected chi connectivity index (χ0v) is 19.3. The van der Waals surface area contributed by atoms with E-state index >= 15 is 0 Å². The first kappa shape index (κ1) is 27.3. The minimum absolute atomic E-state index is 0.0294. The Hall–Kier alpha value is -3.97. The monoisotopic (exact) mass is 490 g/mol. The first-order chi connectivity index (χ1) is 16.4. The van der Waals surface area contributed by atoms with Crippen molar-refractivity contribution in [3.8, 4) is 0 Å². The number of rotatable bonds is 12. The molecule has 35 heavy (non-hydrogen) atoms. The molecule has 190 valence electrons. The number of para-hydroxylation sites is 1. The van der Waals surface area contributed by atoms with E-state index in [2.05, 4.69) is 20.9 Å². The van der Waals surface area contributed by atoms with Crippen LogP contribution in [0.1, 0.15) is 25.8 Å². The number of nitrogens with one attached hydrogen (secondary N) is 4. The van der Waals surface area contributed by atoms with Crippen LogP contribution in [0.3, 0.4) is 0 Å². The van der Waals surface area contributed by atoms with Gasteiger partial charge in [-0.3, -0.25) is 19.2 Å². The number of aliphatic hydroxyl groups is 1. The van der Waals surface area contributed by atoms with Gasteiger partial charge in [0, 0.05) is 23.5 Å². The molecule has 0 saturated carbocycles. The number of aliphatic hydroxyl groups excluding tert-OH is 1. The van der Waals surface area contributed by atoms with E-state index in [9.17, 15) is 34.2 Å². The molecule has 4 amide bonds. The van der Waals surface area contributed by atoms with Gasteiger partial charge in [0.2, 0.25) is 23.6 Å². The quantitative estimate of drug-likeness (QED) is 0.163. The largest absolute Gasteiger partial charge is 0.480 e. The van der Waals surface area contributed by atoms with Crippen LogP contribution in [0.25, 0.3) is 10.9 Å². The molecule has 2 aromatic rings. The summed E-state index contributed by atoms with van der Waals surface area (Å²) >= 11 is 0. The number of hydrogen-bond acceptors (Lipinski definition) is 7. The number of benzene rings is 1. The van der Waals surface area contributed by atoms with Crippen molar-refractivity contribution < 1.29 is 34.2 Å². The van der Waals surface area contributed by atoms with Gasteiger partial charge in [-0.25, -0.2) is 4.79 Å². The third-order valence-electron chi connectivity index (χ3n) is 5.33. The van der Waals surface area contributed by atoms with E-state index in [1.165, 1.54) is 13.8 Å². The fraction of sp³-hybridized carbons (Fsp3) is 0.409. The number of fused-ring (bicyclic) bond motifs is 1. The van der Waals surface area contributed by atoms with E-state index < -0.39 is 66.3 Å². The zero-order chi connectivity index (χ0) is 26.3. The molecule has 0 radical (unpaired) electrons. The number of aromatic amines is 1. The second-order valence-corrected chi connectivity index (χ2v) is 8.19. The summed E-state index contributed by atoms with van der Waals surface area (Å²) in [5.41, 5.74) is 12.1. The summed E-state index contributed by atoms with van der Waals surface area (Å²) in [4.78, 5) is 63.5. The fourth-order valence-corrected chi connectivity index (χ4v) is 3.29. The maximum atomic E-state index is 13.0. The van der Waals surface area contributed by atoms with Crippen LogP contribution in [-0.2, 0) is 30.4 Å². The Balaban J connectivity index is 2.24. The Morgan fingerprint density at radius 3 is 2.20 bits per heavy atom. The summed E-state index contributed by atoms with van der Waals surface area (Å²) in [6, 6.07) is 1.99. The summed E-state index contributed by atoms with van der Waals surface area (Å²) in [6.07, 6.45) is -0.164. The van der Waals surface area contributed by atoms with Crippen molar-refractivity contribution >= 4 is 40.5 Å². The first-order valence-electron chi connectivity index (χ1n) is 10.8. The first-order valence-corrected chi connectivity index (χ1v) is 10.8. The lowest BCUT2D eigenvalue weighted by Gasteiger charge is -2.24. The highest BCUT2D eigenvalue weighted by Gasteiger charge is 2.30. The van der Waals surface area contributed by atoms with Crippen molar-refractivity contribution in [3.63, 3.8) is 0 Å². The number of carboxylic acid groups (broad SMARTS) is 1. The van der Waals surface area contributed by atoms with Crippen LogP contribution in [0.15, 0.2) is 30.5 Å². The van der Waals surface area contributed by atoms with E-state index in [-0.39, 0.29) is 6.42 Å². The van der Waals surface area contributed by atoms with Gasteiger partial charge < -0.3 is 42.6 Å². The molecule has 13 heteroatoms. The fourth-order valence-electron chi connectivity index (χ4n) is 3.29. The van der Waals surface area contributed by atoms with Crippen molar-refractivity contribution in [3.05, 3.63) is 36.0 Å². The van der Waals surface area contributed by atoms with Crippen LogP contribution in [0.4, 0.5) is 0 Å². The van der Waals surface area contributed by atoms with Crippen molar-refractivity contribution in [2.45, 2.75) is 57.0 Å². The zero-order valence-electron chi connectivity index (χ0n) is 19.3. The molecule has 0 fully saturated rings. The highest BCUT2D eigenvalue weighted by atomic mass is 16.4. The lowest BCUT2D eigenvalue weighted by atomic mass is 10.0. The van der Waals surface area contributed by atoms with E-state index in [0.29, 0.717) is 5.56 Å². The summed E-state index contributed by atoms with van der Waals surface area (Å²) < 4.78 is 0. The number of carboxylic acids is 1. The van der Waals surface area contributed by atoms with E-state index in [1.807, 2.05) is 18.2 Å². The molecule has 0 aliphatic rings. The molecule has 1 aromatic carbocycles. The molecule has 5 atom stereocenters. The molecule has 0 bridgehead atoms. The standard InChI is InChI=1S/C22H30N6O7/c1-10(26-21(33)18(24)11(2)29)19(31)27-15(20(32)28-16(22(34)35)8-17(23)30)7-12-9-25-14-6-4-3-5-13(12)14/h3-6,9-11,15-16,18,25,29H,7-8,24H2,1-2H3,(H2,23,30)(H,26,33)(H,27,31)(H,28,32)(H,34,35). The van der Waals surface area contributed by atoms with Gasteiger partial charge >= 0.3 is 5.97 Å². The summed E-state index contributed by atoms with van der Waals surface area (Å²) in [5, 5.41) is 26.6. The minimum Gasteiger partial charge on any atom is -0.480 e. The number of primary amides is 1. The van der Waals surface area contributed by atoms with Crippen LogP contribution in [0.2, 0.25) is 0 Å². The number of H-pyrrole nitrogens is 1. The Labute approximate surface area is 200 Å². The molecular formula is C22H30N6O7. The molecule has 13 nitrogen and oxygen atoms in total. The molecule has 0 aliphatic carbocycles. The summed E-state index contributed by atoms with van der Waals surface area (Å²) in [7, 11) is 0. The van der Waals surface area contributed by atoms with Crippen LogP contribution < -0.4 is 27.4 Å². The molecule has 0 aliphatic heterocycles. The van der Waals surface area contributed by atoms with E-state index in [1.54, 1.807) is 12.3 Å². The smallest absolute Gasteiger partial charge is 0.326 e. The van der Waals surface area contributed by atoms with Gasteiger partial charge in [0.1, 0.15) is 24.2 Å². The predicted octanol–water partition coefficient (Wildman–Crippen LogP) is -2.15. The highest BCUT2D eigenvalue weighted by Crippen LogP contribution is 2.19. The van der Waals surface area contributed by atoms with Crippen molar-refractivity contribution in [1.29, 1.82) is 0 Å². The van der Waals surface area contributed by atoms with Crippen LogP contribution in [0, 0.1) is 0 Å². The number of hydrogen-bond donors (Lipinski definition) is 8. The molecule has 1 heterocycles. The molecule has 10 N–H and O–H groups in total. The maximum absolute atomic E-state index is 13.0. The number of amides is 4. The average molecular weight is 491 g/mol. The Morgan fingerprint density at radius 1 is 0.971 bits per heavy atom. The van der Waals surface area contributed by atoms with Crippen LogP contribution in [-0.4, -0.2) is 75.1 Å². The minimum atomic E-state index is -1.59. The second kappa shape index (κ2) is 11.9. The summed E-state index contributed by atoms with van der Waals surface area (Å²) in [6.45, 7) is 2.68. The molecular weight excluding hydrogens is 460 g/mol. The Morgan fingerprint density at radius 2 is 1.60 bits per heavy atom. The van der Waals surface area contributed by atoms with Gasteiger partial charge in [0.05, 0.1) is 12.5 Å². The maximum Gasteiger partial charge on any atom is 0.326 e. The number of carbonyl (C=O) groups is 5. The highest BCUT2D eigenvalue weighted by molar-refractivity contribution is 5.95. The topological polar surface area (TPSA) is 230 Å². The van der Waals surface area contributed by atoms with Gasteiger partial charge in [0.25, 0.3) is 0 Å². The SMILES string of the molecule is CC(NC(=O)C(N)C(C)O)C(=O)NC(Cc1c[nH]c2ccccc12)C(=O)NC(CC(N)=O)C(=O)O.